The number of rotatable bonds is 16. The third-order valence-corrected chi connectivity index (χ3v) is 7.72. The molecule has 0 spiro atoms. The van der Waals surface area contributed by atoms with Gasteiger partial charge in [-0.2, -0.15) is 0 Å². The molecule has 0 saturated heterocycles. The van der Waals surface area contributed by atoms with Crippen molar-refractivity contribution in [1.29, 1.82) is 0 Å². The second-order valence-corrected chi connectivity index (χ2v) is 9.58. The molecular formula is C22H39NO4Si. The molecule has 1 rings (SSSR count). The summed E-state index contributed by atoms with van der Waals surface area (Å²) in [5.74, 6) is -0.0333. The molecule has 0 fully saturated rings. The van der Waals surface area contributed by atoms with Crippen molar-refractivity contribution in [3.63, 3.8) is 0 Å². The Kier molecular flexibility index (Phi) is 13.1. The molecule has 1 aromatic rings. The molecule has 0 radical (unpaired) electrons. The fourth-order valence-electron chi connectivity index (χ4n) is 3.19. The first-order chi connectivity index (χ1) is 13.6. The summed E-state index contributed by atoms with van der Waals surface area (Å²) in [6.07, 6.45) is 6.89. The van der Waals surface area contributed by atoms with Crippen LogP contribution in [0.5, 0.6) is 0 Å². The van der Waals surface area contributed by atoms with Gasteiger partial charge in [0, 0.05) is 38.0 Å². The maximum absolute atomic E-state index is 12.4. The Hall–Kier alpha value is -1.21. The second-order valence-electron chi connectivity index (χ2n) is 6.85. The van der Waals surface area contributed by atoms with Gasteiger partial charge in [-0.3, -0.25) is 4.79 Å². The van der Waals surface area contributed by atoms with Crippen LogP contribution in [0, 0.1) is 0 Å². The van der Waals surface area contributed by atoms with Crippen LogP contribution in [0.3, 0.4) is 0 Å². The van der Waals surface area contributed by atoms with Gasteiger partial charge in [-0.15, -0.1) is 0 Å². The van der Waals surface area contributed by atoms with Crippen LogP contribution in [0.15, 0.2) is 24.3 Å². The lowest BCUT2D eigenvalue weighted by molar-refractivity contribution is 0.0705. The van der Waals surface area contributed by atoms with Gasteiger partial charge in [-0.25, -0.2) is 0 Å². The van der Waals surface area contributed by atoms with E-state index in [4.69, 9.17) is 13.3 Å². The van der Waals surface area contributed by atoms with Gasteiger partial charge >= 0.3 is 8.80 Å². The minimum Gasteiger partial charge on any atom is -0.374 e. The van der Waals surface area contributed by atoms with Gasteiger partial charge in [-0.1, -0.05) is 38.3 Å². The molecule has 1 amide bonds. The summed E-state index contributed by atoms with van der Waals surface area (Å²) in [5.41, 5.74) is 2.01. The van der Waals surface area contributed by atoms with Gasteiger partial charge in [0.05, 0.1) is 0 Å². The van der Waals surface area contributed by atoms with Crippen LogP contribution in [0.1, 0.15) is 75.7 Å². The van der Waals surface area contributed by atoms with E-state index in [0.717, 1.165) is 12.8 Å². The summed E-state index contributed by atoms with van der Waals surface area (Å²) < 4.78 is 17.5. The summed E-state index contributed by atoms with van der Waals surface area (Å²) in [6.45, 7) is 10.4. The molecule has 1 N–H and O–H groups in total. The molecule has 0 aliphatic carbocycles. The van der Waals surface area contributed by atoms with Crippen LogP contribution in [0.25, 0.3) is 0 Å². The number of aryl methyl sites for hydroxylation is 1. The van der Waals surface area contributed by atoms with Gasteiger partial charge in [0.15, 0.2) is 0 Å². The van der Waals surface area contributed by atoms with Gasteiger partial charge in [0.25, 0.3) is 5.91 Å². The highest BCUT2D eigenvalue weighted by atomic mass is 28.4. The Labute approximate surface area is 172 Å². The SMILES string of the molecule is CCCCCCc1ccc(C(=O)NCCC[Si](OCC)(OCC)OCC)cc1. The number of carbonyl (C=O) groups is 1. The predicted molar refractivity (Wildman–Crippen MR) is 117 cm³/mol. The first-order valence-electron chi connectivity index (χ1n) is 10.9. The lowest BCUT2D eigenvalue weighted by Crippen LogP contribution is -2.46. The molecule has 5 nitrogen and oxygen atoms in total. The minimum atomic E-state index is -2.62. The molecule has 0 aliphatic rings. The summed E-state index contributed by atoms with van der Waals surface area (Å²) in [4.78, 5) is 12.4. The van der Waals surface area contributed by atoms with E-state index in [9.17, 15) is 4.79 Å². The lowest BCUT2D eigenvalue weighted by Gasteiger charge is -2.28. The van der Waals surface area contributed by atoms with E-state index in [-0.39, 0.29) is 5.91 Å². The number of benzene rings is 1. The van der Waals surface area contributed by atoms with Crippen LogP contribution < -0.4 is 5.32 Å². The Balaban J connectivity index is 2.42. The highest BCUT2D eigenvalue weighted by Crippen LogP contribution is 2.18. The van der Waals surface area contributed by atoms with Crippen LogP contribution in [0.4, 0.5) is 0 Å². The van der Waals surface area contributed by atoms with Gasteiger partial charge in [0.2, 0.25) is 0 Å². The van der Waals surface area contributed by atoms with E-state index < -0.39 is 8.80 Å². The number of amides is 1. The molecule has 0 heterocycles. The third-order valence-electron chi connectivity index (χ3n) is 4.57. The van der Waals surface area contributed by atoms with Gasteiger partial charge in [-0.05, 0) is 57.7 Å². The summed E-state index contributed by atoms with van der Waals surface area (Å²) in [6, 6.07) is 8.68. The molecule has 0 bridgehead atoms. The topological polar surface area (TPSA) is 56.8 Å². The molecular weight excluding hydrogens is 370 g/mol. The molecule has 0 atom stereocenters. The molecule has 0 aromatic heterocycles. The van der Waals surface area contributed by atoms with Crippen LogP contribution in [-0.2, 0) is 19.7 Å². The van der Waals surface area contributed by atoms with E-state index >= 15 is 0 Å². The Morgan fingerprint density at radius 3 is 2.00 bits per heavy atom. The van der Waals surface area contributed by atoms with E-state index in [1.807, 2.05) is 32.9 Å². The van der Waals surface area contributed by atoms with E-state index in [1.54, 1.807) is 0 Å². The molecule has 1 aromatic carbocycles. The first kappa shape index (κ1) is 24.8. The Morgan fingerprint density at radius 1 is 0.857 bits per heavy atom. The summed E-state index contributed by atoms with van der Waals surface area (Å²) >= 11 is 0. The highest BCUT2D eigenvalue weighted by molar-refractivity contribution is 6.60. The number of carbonyl (C=O) groups excluding carboxylic acids is 1. The highest BCUT2D eigenvalue weighted by Gasteiger charge is 2.39. The zero-order valence-corrected chi connectivity index (χ0v) is 19.2. The van der Waals surface area contributed by atoms with Crippen LogP contribution in [0.2, 0.25) is 6.04 Å². The fraction of sp³-hybridized carbons (Fsp3) is 0.682. The molecule has 6 heteroatoms. The zero-order chi connectivity index (χ0) is 20.7. The van der Waals surface area contributed by atoms with Crippen molar-refractivity contribution in [2.45, 2.75) is 72.3 Å². The van der Waals surface area contributed by atoms with Gasteiger partial charge in [0.1, 0.15) is 0 Å². The molecule has 160 valence electrons. The largest absolute Gasteiger partial charge is 0.500 e. The minimum absolute atomic E-state index is 0.0333. The van der Waals surface area contributed by atoms with Crippen molar-refractivity contribution < 1.29 is 18.1 Å². The van der Waals surface area contributed by atoms with E-state index in [2.05, 4.69) is 24.4 Å². The maximum atomic E-state index is 12.4. The zero-order valence-electron chi connectivity index (χ0n) is 18.2. The number of hydrogen-bond donors (Lipinski definition) is 1. The van der Waals surface area contributed by atoms with Crippen molar-refractivity contribution in [2.75, 3.05) is 26.4 Å². The summed E-state index contributed by atoms with van der Waals surface area (Å²) in [5, 5.41) is 2.99. The first-order valence-corrected chi connectivity index (χ1v) is 12.8. The Morgan fingerprint density at radius 2 is 1.46 bits per heavy atom. The van der Waals surface area contributed by atoms with Crippen molar-refractivity contribution in [2.24, 2.45) is 0 Å². The second kappa shape index (κ2) is 14.7. The van der Waals surface area contributed by atoms with Crippen molar-refractivity contribution in [1.82, 2.24) is 5.32 Å². The molecule has 28 heavy (non-hydrogen) atoms. The average Bonchev–Trinajstić information content (AvgIpc) is 2.69. The molecule has 0 unspecified atom stereocenters. The van der Waals surface area contributed by atoms with Gasteiger partial charge < -0.3 is 18.6 Å². The summed E-state index contributed by atoms with van der Waals surface area (Å²) in [7, 11) is -2.62. The molecule has 0 aliphatic heterocycles. The maximum Gasteiger partial charge on any atom is 0.500 e. The van der Waals surface area contributed by atoms with Crippen molar-refractivity contribution >= 4 is 14.7 Å². The third kappa shape index (κ3) is 9.32. The lowest BCUT2D eigenvalue weighted by atomic mass is 10.0. The normalized spacial score (nSPS) is 11.6. The van der Waals surface area contributed by atoms with E-state index in [0.29, 0.717) is 38.0 Å². The monoisotopic (exact) mass is 409 g/mol. The number of unbranched alkanes of at least 4 members (excludes halogenated alkanes) is 3. The number of hydrogen-bond acceptors (Lipinski definition) is 4. The van der Waals surface area contributed by atoms with Crippen LogP contribution >= 0.6 is 0 Å². The van der Waals surface area contributed by atoms with Crippen molar-refractivity contribution in [3.8, 4) is 0 Å². The predicted octanol–water partition coefficient (Wildman–Crippen LogP) is 4.98. The van der Waals surface area contributed by atoms with E-state index in [1.165, 1.54) is 31.2 Å². The standard InChI is InChI=1S/C22H39NO4Si/c1-5-9-10-11-13-20-14-16-21(17-15-20)22(24)23-18-12-19-28(25-6-2,26-7-3)27-8-4/h14-17H,5-13,18-19H2,1-4H3,(H,23,24). The quantitative estimate of drug-likeness (QED) is 0.309. The van der Waals surface area contributed by atoms with Crippen LogP contribution in [-0.4, -0.2) is 41.1 Å². The molecule has 0 saturated carbocycles. The Bertz CT molecular complexity index is 519. The fourth-order valence-corrected chi connectivity index (χ4v) is 5.80. The number of nitrogens with one attached hydrogen (secondary N) is 1. The average molecular weight is 410 g/mol. The van der Waals surface area contributed by atoms with Crippen molar-refractivity contribution in [3.05, 3.63) is 35.4 Å². The smallest absolute Gasteiger partial charge is 0.374 e.